The summed E-state index contributed by atoms with van der Waals surface area (Å²) in [4.78, 5) is 37.1. The smallest absolute Gasteiger partial charge is 0.407 e. The molecule has 186 valence electrons. The minimum absolute atomic E-state index is 0.0368. The van der Waals surface area contributed by atoms with Gasteiger partial charge in [0, 0.05) is 12.5 Å². The third-order valence-electron chi connectivity index (χ3n) is 7.39. The molecule has 0 bridgehead atoms. The van der Waals surface area contributed by atoms with E-state index in [0.29, 0.717) is 6.42 Å². The molecule has 35 heavy (non-hydrogen) atoms. The first-order valence-electron chi connectivity index (χ1n) is 12.6. The van der Waals surface area contributed by atoms with Crippen LogP contribution in [0.25, 0.3) is 11.1 Å². The normalized spacial score (nSPS) is 17.1. The van der Waals surface area contributed by atoms with E-state index in [9.17, 15) is 19.5 Å². The highest BCUT2D eigenvalue weighted by molar-refractivity contribution is 5.85. The van der Waals surface area contributed by atoms with Crippen molar-refractivity contribution in [1.29, 1.82) is 0 Å². The molecule has 2 aromatic rings. The van der Waals surface area contributed by atoms with Crippen LogP contribution in [0.4, 0.5) is 4.79 Å². The van der Waals surface area contributed by atoms with Gasteiger partial charge in [-0.3, -0.25) is 4.79 Å². The number of rotatable bonds is 9. The molecule has 2 aliphatic carbocycles. The van der Waals surface area contributed by atoms with Crippen LogP contribution in [0.2, 0.25) is 0 Å². The van der Waals surface area contributed by atoms with E-state index in [2.05, 4.69) is 34.9 Å². The third-order valence-corrected chi connectivity index (χ3v) is 7.39. The molecule has 0 saturated heterocycles. The van der Waals surface area contributed by atoms with Gasteiger partial charge in [0.25, 0.3) is 0 Å². The minimum atomic E-state index is -0.996. The molecule has 2 atom stereocenters. The number of fused-ring (bicyclic) bond motifs is 3. The lowest BCUT2D eigenvalue weighted by molar-refractivity contribution is -0.144. The number of hydrogen-bond acceptors (Lipinski definition) is 4. The van der Waals surface area contributed by atoms with Crippen LogP contribution < -0.4 is 10.6 Å². The van der Waals surface area contributed by atoms with Gasteiger partial charge in [-0.05, 0) is 47.4 Å². The lowest BCUT2D eigenvalue weighted by Gasteiger charge is -2.29. The number of benzene rings is 2. The zero-order chi connectivity index (χ0) is 24.8. The fraction of sp³-hybridized carbons (Fsp3) is 0.464. The average molecular weight is 479 g/mol. The Morgan fingerprint density at radius 3 is 2.14 bits per heavy atom. The van der Waals surface area contributed by atoms with Crippen LogP contribution in [0.1, 0.15) is 62.5 Å². The number of alkyl carbamates (subject to hydrolysis) is 1. The molecule has 2 unspecified atom stereocenters. The Hall–Kier alpha value is -3.35. The maximum atomic E-state index is 12.8. The molecule has 1 fully saturated rings. The predicted octanol–water partition coefficient (Wildman–Crippen LogP) is 4.70. The summed E-state index contributed by atoms with van der Waals surface area (Å²) in [5.41, 5.74) is 4.58. The van der Waals surface area contributed by atoms with E-state index in [4.69, 9.17) is 4.74 Å². The zero-order valence-corrected chi connectivity index (χ0v) is 20.2. The van der Waals surface area contributed by atoms with Crippen molar-refractivity contribution < 1.29 is 24.2 Å². The number of carboxylic acid groups (broad SMARTS) is 1. The van der Waals surface area contributed by atoms with E-state index in [-0.39, 0.29) is 30.9 Å². The highest BCUT2D eigenvalue weighted by Gasteiger charge is 2.33. The van der Waals surface area contributed by atoms with E-state index in [0.717, 1.165) is 54.4 Å². The van der Waals surface area contributed by atoms with Gasteiger partial charge in [0.15, 0.2) is 0 Å². The van der Waals surface area contributed by atoms with Gasteiger partial charge in [-0.2, -0.15) is 0 Å². The van der Waals surface area contributed by atoms with Gasteiger partial charge in [0.2, 0.25) is 5.91 Å². The SMILES string of the molecule is CCC(CNC(=O)OCC1c2ccccc2-c2ccccc21)C(=O)NC(C(=O)O)C1CCCCC1. The second kappa shape index (κ2) is 11.4. The Kier molecular flexibility index (Phi) is 8.06. The summed E-state index contributed by atoms with van der Waals surface area (Å²) in [6.07, 6.45) is 4.61. The lowest BCUT2D eigenvalue weighted by atomic mass is 9.83. The van der Waals surface area contributed by atoms with E-state index in [1.807, 2.05) is 31.2 Å². The van der Waals surface area contributed by atoms with Crippen molar-refractivity contribution in [2.75, 3.05) is 13.2 Å². The second-order valence-corrected chi connectivity index (χ2v) is 9.53. The number of hydrogen-bond donors (Lipinski definition) is 3. The molecule has 0 heterocycles. The molecule has 4 rings (SSSR count). The third kappa shape index (κ3) is 5.66. The molecule has 2 amide bonds. The number of ether oxygens (including phenoxy) is 1. The van der Waals surface area contributed by atoms with Gasteiger partial charge >= 0.3 is 12.1 Å². The van der Waals surface area contributed by atoms with Crippen LogP contribution >= 0.6 is 0 Å². The Morgan fingerprint density at radius 1 is 0.971 bits per heavy atom. The highest BCUT2D eigenvalue weighted by atomic mass is 16.5. The van der Waals surface area contributed by atoms with Gasteiger partial charge < -0.3 is 20.5 Å². The molecule has 3 N–H and O–H groups in total. The van der Waals surface area contributed by atoms with Gasteiger partial charge in [-0.25, -0.2) is 9.59 Å². The molecule has 1 saturated carbocycles. The molecule has 0 radical (unpaired) electrons. The van der Waals surface area contributed by atoms with E-state index >= 15 is 0 Å². The van der Waals surface area contributed by atoms with Crippen molar-refractivity contribution in [2.24, 2.45) is 11.8 Å². The standard InChI is InChI=1S/C28H34N2O5/c1-2-18(26(31)30-25(27(32)33)19-10-4-3-5-11-19)16-29-28(34)35-17-24-22-14-8-6-12-20(22)21-13-7-9-15-23(21)24/h6-9,12-15,18-19,24-25H,2-5,10-11,16-17H2,1H3,(H,29,34)(H,30,31)(H,32,33). The fourth-order valence-corrected chi connectivity index (χ4v) is 5.40. The summed E-state index contributed by atoms with van der Waals surface area (Å²) in [7, 11) is 0. The summed E-state index contributed by atoms with van der Waals surface area (Å²) in [5, 5.41) is 15.1. The van der Waals surface area contributed by atoms with Crippen LogP contribution in [-0.4, -0.2) is 42.3 Å². The molecule has 2 aromatic carbocycles. The fourth-order valence-electron chi connectivity index (χ4n) is 5.40. The predicted molar refractivity (Wildman–Crippen MR) is 133 cm³/mol. The first kappa shape index (κ1) is 24.8. The number of carbonyl (C=O) groups excluding carboxylic acids is 2. The monoisotopic (exact) mass is 478 g/mol. The topological polar surface area (TPSA) is 105 Å². The molecule has 0 aliphatic heterocycles. The van der Waals surface area contributed by atoms with Gasteiger partial charge in [-0.15, -0.1) is 0 Å². The van der Waals surface area contributed by atoms with Crippen molar-refractivity contribution in [3.8, 4) is 11.1 Å². The number of nitrogens with one attached hydrogen (secondary N) is 2. The van der Waals surface area contributed by atoms with Crippen molar-refractivity contribution in [3.05, 3.63) is 59.7 Å². The zero-order valence-electron chi connectivity index (χ0n) is 20.2. The number of aliphatic carboxylic acids is 1. The quantitative estimate of drug-likeness (QED) is 0.485. The molecular formula is C28H34N2O5. The second-order valence-electron chi connectivity index (χ2n) is 9.53. The Balaban J connectivity index is 1.30. The molecule has 7 nitrogen and oxygen atoms in total. The maximum absolute atomic E-state index is 12.8. The van der Waals surface area contributed by atoms with E-state index in [1.54, 1.807) is 0 Å². The summed E-state index contributed by atoms with van der Waals surface area (Å²) in [5.74, 6) is -1.95. The van der Waals surface area contributed by atoms with Crippen molar-refractivity contribution in [2.45, 2.75) is 57.4 Å². The average Bonchev–Trinajstić information content (AvgIpc) is 3.20. The Labute approximate surface area is 206 Å². The number of carboxylic acids is 1. The van der Waals surface area contributed by atoms with Crippen LogP contribution in [0.15, 0.2) is 48.5 Å². The highest BCUT2D eigenvalue weighted by Crippen LogP contribution is 2.44. The summed E-state index contributed by atoms with van der Waals surface area (Å²) >= 11 is 0. The molecule has 7 heteroatoms. The number of amides is 2. The van der Waals surface area contributed by atoms with Crippen molar-refractivity contribution in [1.82, 2.24) is 10.6 Å². The lowest BCUT2D eigenvalue weighted by Crippen LogP contribution is -2.50. The molecule has 0 spiro atoms. The minimum Gasteiger partial charge on any atom is -0.480 e. The summed E-state index contributed by atoms with van der Waals surface area (Å²) in [6, 6.07) is 15.4. The van der Waals surface area contributed by atoms with Crippen LogP contribution in [-0.2, 0) is 14.3 Å². The first-order chi connectivity index (χ1) is 17.0. The van der Waals surface area contributed by atoms with E-state index in [1.165, 1.54) is 0 Å². The van der Waals surface area contributed by atoms with Crippen molar-refractivity contribution in [3.63, 3.8) is 0 Å². The van der Waals surface area contributed by atoms with Gasteiger partial charge in [-0.1, -0.05) is 74.7 Å². The van der Waals surface area contributed by atoms with Gasteiger partial charge in [0.05, 0.1) is 5.92 Å². The Bertz CT molecular complexity index is 1020. The van der Waals surface area contributed by atoms with Crippen LogP contribution in [0, 0.1) is 11.8 Å². The number of carbonyl (C=O) groups is 3. The molecule has 0 aromatic heterocycles. The first-order valence-corrected chi connectivity index (χ1v) is 12.6. The van der Waals surface area contributed by atoms with Gasteiger partial charge in [0.1, 0.15) is 12.6 Å². The largest absolute Gasteiger partial charge is 0.480 e. The van der Waals surface area contributed by atoms with Crippen LogP contribution in [0.3, 0.4) is 0 Å². The Morgan fingerprint density at radius 2 is 1.57 bits per heavy atom. The summed E-state index contributed by atoms with van der Waals surface area (Å²) in [6.45, 7) is 2.14. The maximum Gasteiger partial charge on any atom is 0.407 e. The van der Waals surface area contributed by atoms with E-state index < -0.39 is 24.0 Å². The van der Waals surface area contributed by atoms with Crippen LogP contribution in [0.5, 0.6) is 0 Å². The molecular weight excluding hydrogens is 444 g/mol. The van der Waals surface area contributed by atoms with Crippen molar-refractivity contribution >= 4 is 18.0 Å². The molecule has 2 aliphatic rings. The summed E-state index contributed by atoms with van der Waals surface area (Å²) < 4.78 is 5.55.